The fraction of sp³-hybridized carbons (Fsp3) is 0.733. The van der Waals surface area contributed by atoms with E-state index in [1.54, 1.807) is 12.3 Å². The van der Waals surface area contributed by atoms with Crippen LogP contribution in [0.1, 0.15) is 56.6 Å². The van der Waals surface area contributed by atoms with Crippen LogP contribution in [0.15, 0.2) is 11.6 Å². The molecule has 1 heterocycles. The Bertz CT molecular complexity index is 481. The SMILES string of the molecule is CC(O)CCCC(=O)N[C@@H](CCCC(F)(F)F)C(O)c1nccs1. The van der Waals surface area contributed by atoms with Crippen molar-refractivity contribution in [2.24, 2.45) is 0 Å². The van der Waals surface area contributed by atoms with Crippen molar-refractivity contribution in [3.05, 3.63) is 16.6 Å². The first kappa shape index (κ1) is 20.9. The van der Waals surface area contributed by atoms with Crippen molar-refractivity contribution in [3.63, 3.8) is 0 Å². The van der Waals surface area contributed by atoms with Gasteiger partial charge in [0.05, 0.1) is 12.1 Å². The van der Waals surface area contributed by atoms with Crippen molar-refractivity contribution in [2.45, 2.75) is 69.9 Å². The zero-order chi connectivity index (χ0) is 18.2. The summed E-state index contributed by atoms with van der Waals surface area (Å²) in [5, 5.41) is 24.0. The molecule has 5 nitrogen and oxygen atoms in total. The van der Waals surface area contributed by atoms with E-state index in [0.717, 1.165) is 0 Å². The van der Waals surface area contributed by atoms with E-state index in [4.69, 9.17) is 5.11 Å². The van der Waals surface area contributed by atoms with Gasteiger partial charge in [-0.1, -0.05) is 0 Å². The molecule has 3 atom stereocenters. The first-order valence-electron chi connectivity index (χ1n) is 7.80. The van der Waals surface area contributed by atoms with Crippen molar-refractivity contribution >= 4 is 17.2 Å². The number of aliphatic hydroxyl groups excluding tert-OH is 2. The minimum atomic E-state index is -4.27. The quantitative estimate of drug-likeness (QED) is 0.593. The fourth-order valence-electron chi connectivity index (χ4n) is 2.22. The molecule has 1 rings (SSSR count). The van der Waals surface area contributed by atoms with Crippen molar-refractivity contribution < 1.29 is 28.2 Å². The maximum Gasteiger partial charge on any atom is 0.389 e. The van der Waals surface area contributed by atoms with E-state index < -0.39 is 30.8 Å². The highest BCUT2D eigenvalue weighted by Crippen LogP contribution is 2.26. The lowest BCUT2D eigenvalue weighted by molar-refractivity contribution is -0.136. The molecule has 0 bridgehead atoms. The molecule has 1 amide bonds. The zero-order valence-corrected chi connectivity index (χ0v) is 14.2. The molecule has 0 spiro atoms. The van der Waals surface area contributed by atoms with Crippen LogP contribution in [0.4, 0.5) is 13.2 Å². The topological polar surface area (TPSA) is 82.5 Å². The van der Waals surface area contributed by atoms with Crippen LogP contribution in [0.25, 0.3) is 0 Å². The number of aromatic nitrogens is 1. The third-order valence-corrected chi connectivity index (χ3v) is 4.28. The summed E-state index contributed by atoms with van der Waals surface area (Å²) < 4.78 is 36.9. The number of aliphatic hydroxyl groups is 2. The van der Waals surface area contributed by atoms with Gasteiger partial charge in [-0.3, -0.25) is 4.79 Å². The minimum Gasteiger partial charge on any atom is -0.393 e. The molecule has 9 heteroatoms. The van der Waals surface area contributed by atoms with Gasteiger partial charge in [-0.15, -0.1) is 11.3 Å². The lowest BCUT2D eigenvalue weighted by atomic mass is 10.0. The van der Waals surface area contributed by atoms with Gasteiger partial charge in [0.25, 0.3) is 0 Å². The number of hydrogen-bond acceptors (Lipinski definition) is 5. The van der Waals surface area contributed by atoms with Gasteiger partial charge in [0, 0.05) is 24.4 Å². The van der Waals surface area contributed by atoms with E-state index in [1.165, 1.54) is 17.5 Å². The van der Waals surface area contributed by atoms with E-state index in [9.17, 15) is 23.1 Å². The summed E-state index contributed by atoms with van der Waals surface area (Å²) in [6, 6.07) is -0.822. The van der Waals surface area contributed by atoms with Gasteiger partial charge in [-0.05, 0) is 32.6 Å². The van der Waals surface area contributed by atoms with Gasteiger partial charge in [-0.25, -0.2) is 4.98 Å². The molecule has 0 fully saturated rings. The van der Waals surface area contributed by atoms with Crippen LogP contribution < -0.4 is 5.32 Å². The van der Waals surface area contributed by atoms with E-state index in [0.29, 0.717) is 17.8 Å². The first-order valence-corrected chi connectivity index (χ1v) is 8.68. The van der Waals surface area contributed by atoms with Gasteiger partial charge >= 0.3 is 6.18 Å². The second-order valence-corrected chi connectivity index (χ2v) is 6.66. The van der Waals surface area contributed by atoms with Crippen molar-refractivity contribution in [1.29, 1.82) is 0 Å². The van der Waals surface area contributed by atoms with Crippen molar-refractivity contribution in [1.82, 2.24) is 10.3 Å². The lowest BCUT2D eigenvalue weighted by Crippen LogP contribution is -2.39. The third-order valence-electron chi connectivity index (χ3n) is 3.43. The maximum absolute atomic E-state index is 12.3. The minimum absolute atomic E-state index is 0.00238. The molecule has 0 aliphatic carbocycles. The molecule has 24 heavy (non-hydrogen) atoms. The van der Waals surface area contributed by atoms with Gasteiger partial charge < -0.3 is 15.5 Å². The molecular formula is C15H23F3N2O3S. The van der Waals surface area contributed by atoms with E-state index in [-0.39, 0.29) is 25.2 Å². The van der Waals surface area contributed by atoms with E-state index in [1.807, 2.05) is 0 Å². The van der Waals surface area contributed by atoms with Gasteiger partial charge in [0.2, 0.25) is 5.91 Å². The predicted molar refractivity (Wildman–Crippen MR) is 84.4 cm³/mol. The Balaban J connectivity index is 2.58. The molecule has 0 aliphatic heterocycles. The van der Waals surface area contributed by atoms with Crippen LogP contribution in [0.2, 0.25) is 0 Å². The van der Waals surface area contributed by atoms with Crippen LogP contribution in [0.3, 0.4) is 0 Å². The number of carbonyl (C=O) groups excluding carboxylic acids is 1. The Kier molecular flexibility index (Phi) is 8.65. The van der Waals surface area contributed by atoms with Crippen LogP contribution in [0.5, 0.6) is 0 Å². The molecule has 3 N–H and O–H groups in total. The summed E-state index contributed by atoms with van der Waals surface area (Å²) in [6.07, 6.45) is -4.52. The summed E-state index contributed by atoms with van der Waals surface area (Å²) in [5.74, 6) is -0.358. The predicted octanol–water partition coefficient (Wildman–Crippen LogP) is 2.95. The van der Waals surface area contributed by atoms with Gasteiger partial charge in [0.15, 0.2) is 0 Å². The highest BCUT2D eigenvalue weighted by Gasteiger charge is 2.29. The van der Waals surface area contributed by atoms with Gasteiger partial charge in [0.1, 0.15) is 11.1 Å². The Labute approximate surface area is 142 Å². The Morgan fingerprint density at radius 1 is 1.33 bits per heavy atom. The maximum atomic E-state index is 12.3. The summed E-state index contributed by atoms with van der Waals surface area (Å²) in [7, 11) is 0. The molecule has 0 saturated carbocycles. The van der Waals surface area contributed by atoms with Crippen LogP contribution in [-0.4, -0.2) is 39.4 Å². The van der Waals surface area contributed by atoms with Crippen molar-refractivity contribution in [2.75, 3.05) is 0 Å². The molecule has 0 aromatic carbocycles. The number of rotatable bonds is 10. The Morgan fingerprint density at radius 3 is 2.58 bits per heavy atom. The first-order chi connectivity index (χ1) is 11.2. The average molecular weight is 368 g/mol. The second-order valence-electron chi connectivity index (χ2n) is 5.74. The summed E-state index contributed by atoms with van der Waals surface area (Å²) in [6.45, 7) is 1.62. The molecular weight excluding hydrogens is 345 g/mol. The number of hydrogen-bond donors (Lipinski definition) is 3. The highest BCUT2D eigenvalue weighted by molar-refractivity contribution is 7.09. The Morgan fingerprint density at radius 2 is 2.04 bits per heavy atom. The monoisotopic (exact) mass is 368 g/mol. The normalized spacial score (nSPS) is 15.8. The van der Waals surface area contributed by atoms with Crippen LogP contribution >= 0.6 is 11.3 Å². The highest BCUT2D eigenvalue weighted by atomic mass is 32.1. The largest absolute Gasteiger partial charge is 0.393 e. The third kappa shape index (κ3) is 8.60. The molecule has 1 aromatic heterocycles. The Hall–Kier alpha value is -1.19. The van der Waals surface area contributed by atoms with E-state index in [2.05, 4.69) is 10.3 Å². The lowest BCUT2D eigenvalue weighted by Gasteiger charge is -2.23. The zero-order valence-electron chi connectivity index (χ0n) is 13.4. The summed E-state index contributed by atoms with van der Waals surface area (Å²) in [4.78, 5) is 15.9. The van der Waals surface area contributed by atoms with Crippen LogP contribution in [-0.2, 0) is 4.79 Å². The number of nitrogens with one attached hydrogen (secondary N) is 1. The number of carbonyl (C=O) groups is 1. The number of alkyl halides is 3. The molecule has 138 valence electrons. The molecule has 0 saturated heterocycles. The second kappa shape index (κ2) is 9.95. The number of halogens is 3. The molecule has 0 aliphatic rings. The number of amides is 1. The molecule has 2 unspecified atom stereocenters. The molecule has 0 radical (unpaired) electrons. The summed E-state index contributed by atoms with van der Waals surface area (Å²) in [5.41, 5.74) is 0. The standard InChI is InChI=1S/C15H23F3N2O3S/c1-10(21)4-2-6-12(22)20-11(5-3-7-15(16,17)18)13(23)14-19-8-9-24-14/h8-11,13,21,23H,2-7H2,1H3,(H,20,22)/t10?,11-,13?/m0/s1. The average Bonchev–Trinajstić information content (AvgIpc) is 2.97. The number of thiazole rings is 1. The smallest absolute Gasteiger partial charge is 0.389 e. The molecule has 1 aromatic rings. The number of nitrogens with zero attached hydrogens (tertiary/aromatic N) is 1. The van der Waals surface area contributed by atoms with E-state index >= 15 is 0 Å². The van der Waals surface area contributed by atoms with Gasteiger partial charge in [-0.2, -0.15) is 13.2 Å². The summed E-state index contributed by atoms with van der Waals surface area (Å²) >= 11 is 1.18. The van der Waals surface area contributed by atoms with Crippen LogP contribution in [0, 0.1) is 0 Å². The van der Waals surface area contributed by atoms with Crippen molar-refractivity contribution in [3.8, 4) is 0 Å². The fourth-order valence-corrected chi connectivity index (χ4v) is 2.91.